The van der Waals surface area contributed by atoms with E-state index >= 15 is 0 Å². The number of aliphatic hydroxyl groups is 1. The van der Waals surface area contributed by atoms with E-state index in [4.69, 9.17) is 0 Å². The summed E-state index contributed by atoms with van der Waals surface area (Å²) in [5.41, 5.74) is 0.237. The van der Waals surface area contributed by atoms with Gasteiger partial charge in [-0.05, 0) is 31.0 Å². The molecule has 0 spiro atoms. The Morgan fingerprint density at radius 2 is 2.10 bits per heavy atom. The van der Waals surface area contributed by atoms with Gasteiger partial charge in [0.2, 0.25) is 0 Å². The van der Waals surface area contributed by atoms with Crippen LogP contribution in [0.5, 0.6) is 5.75 Å². The summed E-state index contributed by atoms with van der Waals surface area (Å²) in [7, 11) is 0. The number of amides is 1. The molecule has 0 aromatic heterocycles. The van der Waals surface area contributed by atoms with Crippen LogP contribution in [0.2, 0.25) is 0 Å². The van der Waals surface area contributed by atoms with Crippen molar-refractivity contribution in [1.29, 1.82) is 0 Å². The SMILES string of the molecule is O=C(NC1CCCCC1O)c1cccc(OC(F)F)c1. The quantitative estimate of drug-likeness (QED) is 0.892. The van der Waals surface area contributed by atoms with E-state index in [1.54, 1.807) is 0 Å². The molecular weight excluding hydrogens is 268 g/mol. The highest BCUT2D eigenvalue weighted by Crippen LogP contribution is 2.20. The van der Waals surface area contributed by atoms with Crippen LogP contribution in [0.1, 0.15) is 36.0 Å². The van der Waals surface area contributed by atoms with Gasteiger partial charge < -0.3 is 15.2 Å². The first-order valence-corrected chi connectivity index (χ1v) is 6.60. The first-order valence-electron chi connectivity index (χ1n) is 6.60. The van der Waals surface area contributed by atoms with Gasteiger partial charge >= 0.3 is 6.61 Å². The zero-order valence-electron chi connectivity index (χ0n) is 10.9. The van der Waals surface area contributed by atoms with E-state index in [0.717, 1.165) is 19.3 Å². The van der Waals surface area contributed by atoms with E-state index in [1.165, 1.54) is 24.3 Å². The van der Waals surface area contributed by atoms with Crippen LogP contribution in [0.25, 0.3) is 0 Å². The van der Waals surface area contributed by atoms with Crippen molar-refractivity contribution >= 4 is 5.91 Å². The van der Waals surface area contributed by atoms with Gasteiger partial charge in [0.15, 0.2) is 0 Å². The van der Waals surface area contributed by atoms with Crippen LogP contribution in [-0.2, 0) is 0 Å². The summed E-state index contributed by atoms with van der Waals surface area (Å²) in [5, 5.41) is 12.5. The maximum Gasteiger partial charge on any atom is 0.387 e. The maximum atomic E-state index is 12.1. The van der Waals surface area contributed by atoms with Crippen molar-refractivity contribution in [2.45, 2.75) is 44.4 Å². The van der Waals surface area contributed by atoms with E-state index in [0.29, 0.717) is 6.42 Å². The summed E-state index contributed by atoms with van der Waals surface area (Å²) in [6.07, 6.45) is 2.75. The molecule has 1 aromatic rings. The minimum absolute atomic E-state index is 0.0585. The Balaban J connectivity index is 2.01. The second-order valence-corrected chi connectivity index (χ2v) is 4.84. The maximum absolute atomic E-state index is 12.1. The van der Waals surface area contributed by atoms with Crippen molar-refractivity contribution in [3.63, 3.8) is 0 Å². The monoisotopic (exact) mass is 285 g/mol. The van der Waals surface area contributed by atoms with Crippen LogP contribution in [-0.4, -0.2) is 29.8 Å². The Labute approximate surface area is 115 Å². The molecule has 1 fully saturated rings. The van der Waals surface area contributed by atoms with Crippen LogP contribution in [0.15, 0.2) is 24.3 Å². The van der Waals surface area contributed by atoms with Gasteiger partial charge in [-0.2, -0.15) is 8.78 Å². The third kappa shape index (κ3) is 3.90. The summed E-state index contributed by atoms with van der Waals surface area (Å²) in [4.78, 5) is 12.0. The summed E-state index contributed by atoms with van der Waals surface area (Å²) in [6.45, 7) is -2.92. The predicted molar refractivity (Wildman–Crippen MR) is 68.8 cm³/mol. The Morgan fingerprint density at radius 1 is 1.35 bits per heavy atom. The van der Waals surface area contributed by atoms with Gasteiger partial charge in [0.05, 0.1) is 12.1 Å². The molecule has 0 aliphatic heterocycles. The average Bonchev–Trinajstić information content (AvgIpc) is 2.41. The molecule has 0 bridgehead atoms. The minimum Gasteiger partial charge on any atom is -0.435 e. The van der Waals surface area contributed by atoms with Gasteiger partial charge in [0, 0.05) is 5.56 Å². The fourth-order valence-electron chi connectivity index (χ4n) is 2.34. The summed E-state index contributed by atoms with van der Waals surface area (Å²) in [6, 6.07) is 5.33. The molecule has 1 amide bonds. The molecule has 1 saturated carbocycles. The summed E-state index contributed by atoms with van der Waals surface area (Å²) in [5.74, 6) is -0.451. The molecule has 6 heteroatoms. The highest BCUT2D eigenvalue weighted by molar-refractivity contribution is 5.94. The Hall–Kier alpha value is -1.69. The molecule has 2 unspecified atom stereocenters. The van der Waals surface area contributed by atoms with Crippen LogP contribution in [0, 0.1) is 0 Å². The molecule has 2 atom stereocenters. The Morgan fingerprint density at radius 3 is 2.80 bits per heavy atom. The normalized spacial score (nSPS) is 22.6. The molecule has 20 heavy (non-hydrogen) atoms. The third-order valence-corrected chi connectivity index (χ3v) is 3.37. The number of carbonyl (C=O) groups is 1. The fourth-order valence-corrected chi connectivity index (χ4v) is 2.34. The van der Waals surface area contributed by atoms with Gasteiger partial charge in [-0.15, -0.1) is 0 Å². The topological polar surface area (TPSA) is 58.6 Å². The van der Waals surface area contributed by atoms with Crippen molar-refractivity contribution in [3.8, 4) is 5.75 Å². The third-order valence-electron chi connectivity index (χ3n) is 3.37. The van der Waals surface area contributed by atoms with Crippen molar-refractivity contribution in [3.05, 3.63) is 29.8 Å². The lowest BCUT2D eigenvalue weighted by atomic mass is 9.92. The molecule has 1 aliphatic carbocycles. The number of aliphatic hydroxyl groups excluding tert-OH is 1. The molecule has 4 nitrogen and oxygen atoms in total. The number of benzene rings is 1. The zero-order chi connectivity index (χ0) is 14.5. The number of rotatable bonds is 4. The lowest BCUT2D eigenvalue weighted by molar-refractivity contribution is -0.0498. The number of alkyl halides is 2. The van der Waals surface area contributed by atoms with Crippen molar-refractivity contribution in [2.75, 3.05) is 0 Å². The largest absolute Gasteiger partial charge is 0.435 e. The van der Waals surface area contributed by atoms with Gasteiger partial charge in [0.25, 0.3) is 5.91 Å². The average molecular weight is 285 g/mol. The number of nitrogens with one attached hydrogen (secondary N) is 1. The molecule has 0 heterocycles. The first-order chi connectivity index (χ1) is 9.56. The minimum atomic E-state index is -2.92. The number of carbonyl (C=O) groups excluding carboxylic acids is 1. The first kappa shape index (κ1) is 14.7. The molecule has 0 radical (unpaired) electrons. The summed E-state index contributed by atoms with van der Waals surface area (Å²) >= 11 is 0. The van der Waals surface area contributed by atoms with E-state index in [2.05, 4.69) is 10.1 Å². The molecule has 1 aliphatic rings. The molecule has 2 N–H and O–H groups in total. The lowest BCUT2D eigenvalue weighted by Crippen LogP contribution is -2.45. The van der Waals surface area contributed by atoms with Gasteiger partial charge in [-0.25, -0.2) is 0 Å². The highest BCUT2D eigenvalue weighted by atomic mass is 19.3. The van der Waals surface area contributed by atoms with Crippen molar-refractivity contribution in [1.82, 2.24) is 5.32 Å². The van der Waals surface area contributed by atoms with Crippen LogP contribution in [0.3, 0.4) is 0 Å². The van der Waals surface area contributed by atoms with Gasteiger partial charge in [-0.1, -0.05) is 18.9 Å². The zero-order valence-corrected chi connectivity index (χ0v) is 10.9. The number of halogens is 2. The van der Waals surface area contributed by atoms with Gasteiger partial charge in [-0.3, -0.25) is 4.79 Å². The standard InChI is InChI=1S/C14H17F2NO3/c15-14(16)20-10-5-3-4-9(8-10)13(19)17-11-6-1-2-7-12(11)18/h3-5,8,11-12,14,18H,1-2,6-7H2,(H,17,19). The van der Waals surface area contributed by atoms with E-state index in [-0.39, 0.29) is 17.4 Å². The summed E-state index contributed by atoms with van der Waals surface area (Å²) < 4.78 is 28.5. The Bertz CT molecular complexity index is 467. The molecule has 1 aromatic carbocycles. The molecule has 110 valence electrons. The molecular formula is C14H17F2NO3. The molecule has 0 saturated heterocycles. The van der Waals surface area contributed by atoms with Crippen LogP contribution in [0.4, 0.5) is 8.78 Å². The van der Waals surface area contributed by atoms with Crippen molar-refractivity contribution < 1.29 is 23.4 Å². The number of hydrogen-bond acceptors (Lipinski definition) is 3. The van der Waals surface area contributed by atoms with E-state index in [1.807, 2.05) is 0 Å². The van der Waals surface area contributed by atoms with E-state index in [9.17, 15) is 18.7 Å². The number of ether oxygens (including phenoxy) is 1. The van der Waals surface area contributed by atoms with Crippen LogP contribution < -0.4 is 10.1 Å². The van der Waals surface area contributed by atoms with Crippen molar-refractivity contribution in [2.24, 2.45) is 0 Å². The predicted octanol–water partition coefficient (Wildman–Crippen LogP) is 2.32. The second kappa shape index (κ2) is 6.65. The number of hydrogen-bond donors (Lipinski definition) is 2. The van der Waals surface area contributed by atoms with E-state index < -0.39 is 18.6 Å². The smallest absolute Gasteiger partial charge is 0.387 e. The van der Waals surface area contributed by atoms with Crippen LogP contribution >= 0.6 is 0 Å². The van der Waals surface area contributed by atoms with Gasteiger partial charge in [0.1, 0.15) is 5.75 Å². The lowest BCUT2D eigenvalue weighted by Gasteiger charge is -2.28. The second-order valence-electron chi connectivity index (χ2n) is 4.84. The Kier molecular flexibility index (Phi) is 4.89. The molecule has 2 rings (SSSR count). The highest BCUT2D eigenvalue weighted by Gasteiger charge is 2.24. The fraction of sp³-hybridized carbons (Fsp3) is 0.500.